The first kappa shape index (κ1) is 18.7. The smallest absolute Gasteiger partial charge is 0.290 e. The number of nitriles is 1. The maximum Gasteiger partial charge on any atom is 0.290 e. The van der Waals surface area contributed by atoms with E-state index in [1.54, 1.807) is 40.9 Å². The molecule has 0 unspecified atom stereocenters. The third kappa shape index (κ3) is 3.83. The molecular formula is C22H21N5O2. The average Bonchev–Trinajstić information content (AvgIpc) is 2.93. The van der Waals surface area contributed by atoms with Crippen molar-refractivity contribution in [1.82, 2.24) is 14.3 Å². The first-order valence-corrected chi connectivity index (χ1v) is 9.75. The number of hydrogen-bond donors (Lipinski definition) is 1. The molecule has 7 nitrogen and oxygen atoms in total. The molecule has 3 heterocycles. The SMILES string of the molecule is N#Cc1cccc(NC(=O)c2nc(C(=O)N3CCCCCC3)n3ccccc23)c1. The Labute approximate surface area is 168 Å². The topological polar surface area (TPSA) is 90.5 Å². The van der Waals surface area contributed by atoms with Gasteiger partial charge in [-0.15, -0.1) is 0 Å². The Morgan fingerprint density at radius 1 is 1.03 bits per heavy atom. The summed E-state index contributed by atoms with van der Waals surface area (Å²) in [7, 11) is 0. The third-order valence-corrected chi connectivity index (χ3v) is 5.10. The molecule has 0 spiro atoms. The molecule has 29 heavy (non-hydrogen) atoms. The highest BCUT2D eigenvalue weighted by Gasteiger charge is 2.25. The number of rotatable bonds is 3. The average molecular weight is 387 g/mol. The molecule has 1 aliphatic heterocycles. The molecule has 1 N–H and O–H groups in total. The molecule has 1 fully saturated rings. The van der Waals surface area contributed by atoms with E-state index in [0.717, 1.165) is 25.7 Å². The summed E-state index contributed by atoms with van der Waals surface area (Å²) in [6, 6.07) is 14.1. The molecule has 0 saturated carbocycles. The number of hydrogen-bond acceptors (Lipinski definition) is 4. The fourth-order valence-electron chi connectivity index (χ4n) is 3.63. The van der Waals surface area contributed by atoms with Crippen molar-refractivity contribution in [3.05, 3.63) is 65.7 Å². The second-order valence-electron chi connectivity index (χ2n) is 7.09. The van der Waals surface area contributed by atoms with E-state index in [-0.39, 0.29) is 17.4 Å². The number of nitrogens with one attached hydrogen (secondary N) is 1. The lowest BCUT2D eigenvalue weighted by Gasteiger charge is -2.19. The maximum atomic E-state index is 13.1. The van der Waals surface area contributed by atoms with Crippen LogP contribution in [0.25, 0.3) is 5.52 Å². The molecule has 146 valence electrons. The van der Waals surface area contributed by atoms with Gasteiger partial charge in [0, 0.05) is 25.0 Å². The van der Waals surface area contributed by atoms with E-state index in [1.165, 1.54) is 0 Å². The minimum atomic E-state index is -0.418. The Morgan fingerprint density at radius 3 is 2.59 bits per heavy atom. The van der Waals surface area contributed by atoms with Crippen molar-refractivity contribution in [2.75, 3.05) is 18.4 Å². The summed E-state index contributed by atoms with van der Waals surface area (Å²) < 4.78 is 1.67. The number of carbonyl (C=O) groups is 2. The van der Waals surface area contributed by atoms with Gasteiger partial charge in [-0.05, 0) is 43.2 Å². The fraction of sp³-hybridized carbons (Fsp3) is 0.273. The van der Waals surface area contributed by atoms with Gasteiger partial charge < -0.3 is 10.2 Å². The number of fused-ring (bicyclic) bond motifs is 1. The number of benzene rings is 1. The molecule has 0 radical (unpaired) electrons. The van der Waals surface area contributed by atoms with Crippen molar-refractivity contribution in [3.8, 4) is 6.07 Å². The second kappa shape index (κ2) is 8.15. The van der Waals surface area contributed by atoms with Crippen LogP contribution in [0.1, 0.15) is 52.4 Å². The summed E-state index contributed by atoms with van der Waals surface area (Å²) in [5, 5.41) is 11.8. The molecule has 4 rings (SSSR count). The van der Waals surface area contributed by atoms with Gasteiger partial charge in [0.05, 0.1) is 17.1 Å². The monoisotopic (exact) mass is 387 g/mol. The van der Waals surface area contributed by atoms with E-state index in [1.807, 2.05) is 23.1 Å². The van der Waals surface area contributed by atoms with E-state index in [0.29, 0.717) is 29.9 Å². The van der Waals surface area contributed by atoms with E-state index >= 15 is 0 Å². The minimum absolute atomic E-state index is 0.154. The van der Waals surface area contributed by atoms with E-state index in [9.17, 15) is 9.59 Å². The second-order valence-corrected chi connectivity index (χ2v) is 7.09. The van der Waals surface area contributed by atoms with Crippen molar-refractivity contribution in [2.45, 2.75) is 25.7 Å². The molecule has 7 heteroatoms. The van der Waals surface area contributed by atoms with E-state index in [2.05, 4.69) is 10.3 Å². The Hall–Kier alpha value is -3.66. The maximum absolute atomic E-state index is 13.1. The fourth-order valence-corrected chi connectivity index (χ4v) is 3.63. The highest BCUT2D eigenvalue weighted by molar-refractivity contribution is 6.09. The lowest BCUT2D eigenvalue weighted by Crippen LogP contribution is -2.33. The Morgan fingerprint density at radius 2 is 1.83 bits per heavy atom. The minimum Gasteiger partial charge on any atom is -0.336 e. The molecule has 1 aliphatic rings. The number of carbonyl (C=O) groups excluding carboxylic acids is 2. The number of nitrogens with zero attached hydrogens (tertiary/aromatic N) is 4. The zero-order valence-corrected chi connectivity index (χ0v) is 16.0. The number of imidazole rings is 1. The molecule has 1 saturated heterocycles. The first-order chi connectivity index (χ1) is 14.2. The predicted molar refractivity (Wildman–Crippen MR) is 109 cm³/mol. The van der Waals surface area contributed by atoms with E-state index in [4.69, 9.17) is 5.26 Å². The summed E-state index contributed by atoms with van der Waals surface area (Å²) in [6.07, 6.45) is 5.97. The van der Waals surface area contributed by atoms with Crippen LogP contribution in [0.2, 0.25) is 0 Å². The van der Waals surface area contributed by atoms with Crippen LogP contribution in [-0.4, -0.2) is 39.2 Å². The zero-order valence-electron chi connectivity index (χ0n) is 16.0. The molecular weight excluding hydrogens is 366 g/mol. The van der Waals surface area contributed by atoms with Crippen molar-refractivity contribution in [3.63, 3.8) is 0 Å². The van der Waals surface area contributed by atoms with Crippen LogP contribution in [-0.2, 0) is 0 Å². The summed E-state index contributed by atoms with van der Waals surface area (Å²) >= 11 is 0. The van der Waals surface area contributed by atoms with Gasteiger partial charge >= 0.3 is 0 Å². The highest BCUT2D eigenvalue weighted by Crippen LogP contribution is 2.19. The molecule has 3 aromatic rings. The van der Waals surface area contributed by atoms with Crippen LogP contribution in [0.5, 0.6) is 0 Å². The number of likely N-dealkylation sites (tertiary alicyclic amines) is 1. The molecule has 2 amide bonds. The lowest BCUT2D eigenvalue weighted by atomic mass is 10.2. The Balaban J connectivity index is 1.67. The van der Waals surface area contributed by atoms with Gasteiger partial charge in [-0.2, -0.15) is 5.26 Å². The summed E-state index contributed by atoms with van der Waals surface area (Å²) in [6.45, 7) is 1.42. The molecule has 2 aromatic heterocycles. The third-order valence-electron chi connectivity index (χ3n) is 5.10. The Bertz CT molecular complexity index is 1100. The molecule has 1 aromatic carbocycles. The molecule has 0 aliphatic carbocycles. The highest BCUT2D eigenvalue weighted by atomic mass is 16.2. The number of amides is 2. The van der Waals surface area contributed by atoms with Gasteiger partial charge in [0.1, 0.15) is 0 Å². The van der Waals surface area contributed by atoms with Crippen molar-refractivity contribution >= 4 is 23.0 Å². The summed E-state index contributed by atoms with van der Waals surface area (Å²) in [5.41, 5.74) is 1.71. The van der Waals surface area contributed by atoms with Crippen LogP contribution in [0.15, 0.2) is 48.7 Å². The van der Waals surface area contributed by atoms with Crippen LogP contribution in [0.4, 0.5) is 5.69 Å². The predicted octanol–water partition coefficient (Wildman–Crippen LogP) is 3.47. The van der Waals surface area contributed by atoms with Crippen LogP contribution in [0.3, 0.4) is 0 Å². The van der Waals surface area contributed by atoms with Crippen molar-refractivity contribution in [2.24, 2.45) is 0 Å². The normalized spacial score (nSPS) is 14.2. The van der Waals surface area contributed by atoms with Crippen LogP contribution < -0.4 is 5.32 Å². The van der Waals surface area contributed by atoms with Gasteiger partial charge in [-0.25, -0.2) is 4.98 Å². The van der Waals surface area contributed by atoms with E-state index < -0.39 is 5.91 Å². The number of aromatic nitrogens is 2. The zero-order chi connectivity index (χ0) is 20.2. The van der Waals surface area contributed by atoms with Crippen molar-refractivity contribution in [1.29, 1.82) is 5.26 Å². The summed E-state index contributed by atoms with van der Waals surface area (Å²) in [5.74, 6) is -0.323. The van der Waals surface area contributed by atoms with Gasteiger partial charge in [-0.1, -0.05) is 25.0 Å². The van der Waals surface area contributed by atoms with Gasteiger partial charge in [-0.3, -0.25) is 14.0 Å². The van der Waals surface area contributed by atoms with Gasteiger partial charge in [0.2, 0.25) is 5.82 Å². The van der Waals surface area contributed by atoms with Crippen molar-refractivity contribution < 1.29 is 9.59 Å². The summed E-state index contributed by atoms with van der Waals surface area (Å²) in [4.78, 5) is 32.3. The molecule has 0 bridgehead atoms. The van der Waals surface area contributed by atoms with Gasteiger partial charge in [0.15, 0.2) is 5.69 Å². The quantitative estimate of drug-likeness (QED) is 0.745. The van der Waals surface area contributed by atoms with Crippen LogP contribution >= 0.6 is 0 Å². The largest absolute Gasteiger partial charge is 0.336 e. The van der Waals surface area contributed by atoms with Crippen LogP contribution in [0, 0.1) is 11.3 Å². The standard InChI is InChI=1S/C22H21N5O2/c23-15-16-8-7-9-17(14-16)24-21(28)19-18-10-3-6-13-27(18)20(25-19)22(29)26-11-4-1-2-5-12-26/h3,6-10,13-14H,1-2,4-5,11-12H2,(H,24,28). The lowest BCUT2D eigenvalue weighted by molar-refractivity contribution is 0.0748. The number of anilines is 1. The first-order valence-electron chi connectivity index (χ1n) is 9.75. The number of pyridine rings is 1. The Kier molecular flexibility index (Phi) is 5.25. The molecule has 0 atom stereocenters. The van der Waals surface area contributed by atoms with Gasteiger partial charge in [0.25, 0.3) is 11.8 Å².